The Morgan fingerprint density at radius 2 is 2.08 bits per heavy atom. The lowest BCUT2D eigenvalue weighted by Gasteiger charge is -2.20. The Morgan fingerprint density at radius 1 is 1.38 bits per heavy atom. The molecule has 0 aliphatic carbocycles. The Hall–Kier alpha value is -1.73. The van der Waals surface area contributed by atoms with Gasteiger partial charge in [-0.25, -0.2) is 14.8 Å². The molecule has 24 heavy (non-hydrogen) atoms. The van der Waals surface area contributed by atoms with Crippen LogP contribution in [-0.4, -0.2) is 51.6 Å². The average molecular weight is 350 g/mol. The molecule has 0 fully saturated rings. The molecule has 0 amide bonds. The summed E-state index contributed by atoms with van der Waals surface area (Å²) in [4.78, 5) is 23.3. The number of fused-ring (bicyclic) bond motifs is 1. The highest BCUT2D eigenvalue weighted by molar-refractivity contribution is 7.20. The summed E-state index contributed by atoms with van der Waals surface area (Å²) >= 11 is 1.20. The van der Waals surface area contributed by atoms with Gasteiger partial charge in [0.1, 0.15) is 21.9 Å². The van der Waals surface area contributed by atoms with E-state index in [1.165, 1.54) is 17.7 Å². The highest BCUT2D eigenvalue weighted by Crippen LogP contribution is 2.33. The predicted molar refractivity (Wildman–Crippen MR) is 99.2 cm³/mol. The molecule has 132 valence electrons. The molecule has 2 heterocycles. The van der Waals surface area contributed by atoms with Crippen LogP contribution in [-0.2, 0) is 0 Å². The molecule has 2 rings (SSSR count). The van der Waals surface area contributed by atoms with E-state index in [1.807, 2.05) is 6.92 Å². The van der Waals surface area contributed by atoms with Gasteiger partial charge in [0.2, 0.25) is 0 Å². The highest BCUT2D eigenvalue weighted by Gasteiger charge is 2.19. The molecule has 1 atom stereocenters. The first-order chi connectivity index (χ1) is 11.5. The van der Waals surface area contributed by atoms with Crippen LogP contribution >= 0.6 is 11.3 Å². The molecular formula is C17H26N4O2S. The lowest BCUT2D eigenvalue weighted by atomic mass is 10.1. The van der Waals surface area contributed by atoms with Crippen molar-refractivity contribution in [2.45, 2.75) is 46.6 Å². The van der Waals surface area contributed by atoms with Gasteiger partial charge >= 0.3 is 5.97 Å². The molecule has 0 bridgehead atoms. The second-order valence-corrected chi connectivity index (χ2v) is 6.98. The van der Waals surface area contributed by atoms with E-state index < -0.39 is 5.97 Å². The number of carbonyl (C=O) groups is 1. The summed E-state index contributed by atoms with van der Waals surface area (Å²) in [6.07, 6.45) is 3.65. The van der Waals surface area contributed by atoms with Crippen LogP contribution in [0, 0.1) is 6.92 Å². The Labute approximate surface area is 146 Å². The van der Waals surface area contributed by atoms with E-state index in [1.54, 1.807) is 0 Å². The lowest BCUT2D eigenvalue weighted by Crippen LogP contribution is -2.25. The molecule has 0 saturated heterocycles. The van der Waals surface area contributed by atoms with Gasteiger partial charge in [-0.1, -0.05) is 13.8 Å². The first kappa shape index (κ1) is 18.6. The minimum Gasteiger partial charge on any atom is -0.477 e. The van der Waals surface area contributed by atoms with Gasteiger partial charge in [-0.05, 0) is 51.9 Å². The largest absolute Gasteiger partial charge is 0.477 e. The van der Waals surface area contributed by atoms with Crippen molar-refractivity contribution in [3.8, 4) is 0 Å². The van der Waals surface area contributed by atoms with Crippen molar-refractivity contribution in [3.05, 3.63) is 16.8 Å². The van der Waals surface area contributed by atoms with E-state index in [0.717, 1.165) is 54.1 Å². The normalized spacial score (nSPS) is 12.7. The van der Waals surface area contributed by atoms with Crippen LogP contribution in [0.15, 0.2) is 6.33 Å². The molecule has 0 aromatic carbocycles. The minimum atomic E-state index is -0.909. The quantitative estimate of drug-likeness (QED) is 0.719. The lowest BCUT2D eigenvalue weighted by molar-refractivity contribution is 0.0701. The summed E-state index contributed by atoms with van der Waals surface area (Å²) in [5.74, 6) is -0.176. The molecule has 2 N–H and O–H groups in total. The maximum atomic E-state index is 11.3. The molecule has 0 aliphatic heterocycles. The van der Waals surface area contributed by atoms with Crippen LogP contribution in [0.2, 0.25) is 0 Å². The van der Waals surface area contributed by atoms with Crippen LogP contribution in [0.1, 0.15) is 48.8 Å². The minimum absolute atomic E-state index is 0.270. The fourth-order valence-corrected chi connectivity index (χ4v) is 3.84. The standard InChI is InChI=1S/C17H26N4O2S/c1-5-21(6-2)9-7-8-11(3)20-15-13-12(4)14(17(22)23)24-16(13)19-10-18-15/h10-11H,5-9H2,1-4H3,(H,22,23)(H,18,19,20). The fourth-order valence-electron chi connectivity index (χ4n) is 2.85. The van der Waals surface area contributed by atoms with Crippen LogP contribution in [0.5, 0.6) is 0 Å². The summed E-state index contributed by atoms with van der Waals surface area (Å²) in [6, 6.07) is 0.270. The highest BCUT2D eigenvalue weighted by atomic mass is 32.1. The number of hydrogen-bond donors (Lipinski definition) is 2. The summed E-state index contributed by atoms with van der Waals surface area (Å²) in [7, 11) is 0. The second kappa shape index (κ2) is 8.39. The molecule has 0 radical (unpaired) electrons. The van der Waals surface area contributed by atoms with Crippen molar-refractivity contribution >= 4 is 33.3 Å². The van der Waals surface area contributed by atoms with Crippen molar-refractivity contribution in [3.63, 3.8) is 0 Å². The number of aromatic nitrogens is 2. The zero-order valence-electron chi connectivity index (χ0n) is 14.8. The Bertz CT molecular complexity index is 697. The Balaban J connectivity index is 2.08. The first-order valence-corrected chi connectivity index (χ1v) is 9.25. The third-order valence-corrected chi connectivity index (χ3v) is 5.50. The topological polar surface area (TPSA) is 78.3 Å². The number of nitrogens with one attached hydrogen (secondary N) is 1. The van der Waals surface area contributed by atoms with E-state index in [2.05, 4.69) is 41.0 Å². The van der Waals surface area contributed by atoms with E-state index >= 15 is 0 Å². The number of thiophene rings is 1. The molecule has 2 aromatic heterocycles. The molecule has 0 spiro atoms. The number of carboxylic acid groups (broad SMARTS) is 1. The van der Waals surface area contributed by atoms with Crippen LogP contribution in [0.25, 0.3) is 10.2 Å². The summed E-state index contributed by atoms with van der Waals surface area (Å²) in [5, 5.41) is 13.6. The molecule has 6 nitrogen and oxygen atoms in total. The molecular weight excluding hydrogens is 324 g/mol. The first-order valence-electron chi connectivity index (χ1n) is 8.44. The Kier molecular flexibility index (Phi) is 6.51. The zero-order chi connectivity index (χ0) is 17.7. The van der Waals surface area contributed by atoms with Gasteiger partial charge in [0.05, 0.1) is 5.39 Å². The summed E-state index contributed by atoms with van der Waals surface area (Å²) in [5.41, 5.74) is 0.737. The van der Waals surface area contributed by atoms with Gasteiger partial charge in [0.15, 0.2) is 0 Å². The van der Waals surface area contributed by atoms with E-state index in [4.69, 9.17) is 0 Å². The fraction of sp³-hybridized carbons (Fsp3) is 0.588. The van der Waals surface area contributed by atoms with Gasteiger partial charge in [0.25, 0.3) is 0 Å². The number of anilines is 1. The number of aromatic carboxylic acids is 1. The smallest absolute Gasteiger partial charge is 0.346 e. The maximum Gasteiger partial charge on any atom is 0.346 e. The molecule has 7 heteroatoms. The molecule has 1 unspecified atom stereocenters. The van der Waals surface area contributed by atoms with E-state index in [0.29, 0.717) is 4.88 Å². The average Bonchev–Trinajstić information content (AvgIpc) is 2.90. The molecule has 0 saturated carbocycles. The molecule has 0 aliphatic rings. The number of rotatable bonds is 9. The number of hydrogen-bond acceptors (Lipinski definition) is 6. The summed E-state index contributed by atoms with van der Waals surface area (Å²) < 4.78 is 0. The third-order valence-electron chi connectivity index (χ3n) is 4.31. The molecule has 2 aromatic rings. The van der Waals surface area contributed by atoms with Gasteiger partial charge in [-0.3, -0.25) is 0 Å². The Morgan fingerprint density at radius 3 is 2.71 bits per heavy atom. The van der Waals surface area contributed by atoms with Gasteiger partial charge in [-0.15, -0.1) is 11.3 Å². The van der Waals surface area contributed by atoms with E-state index in [-0.39, 0.29) is 6.04 Å². The van der Waals surface area contributed by atoms with Crippen LogP contribution in [0.4, 0.5) is 5.82 Å². The van der Waals surface area contributed by atoms with Crippen molar-refractivity contribution in [1.29, 1.82) is 0 Å². The van der Waals surface area contributed by atoms with Gasteiger partial charge < -0.3 is 15.3 Å². The second-order valence-electron chi connectivity index (χ2n) is 5.98. The van der Waals surface area contributed by atoms with Crippen molar-refractivity contribution in [2.75, 3.05) is 25.0 Å². The van der Waals surface area contributed by atoms with Crippen LogP contribution in [0.3, 0.4) is 0 Å². The summed E-state index contributed by atoms with van der Waals surface area (Å²) in [6.45, 7) is 11.6. The van der Waals surface area contributed by atoms with Crippen molar-refractivity contribution in [2.24, 2.45) is 0 Å². The van der Waals surface area contributed by atoms with Gasteiger partial charge in [0, 0.05) is 6.04 Å². The SMILES string of the molecule is CCN(CC)CCCC(C)Nc1ncnc2sc(C(=O)O)c(C)c12. The zero-order valence-corrected chi connectivity index (χ0v) is 15.6. The van der Waals surface area contributed by atoms with Crippen LogP contribution < -0.4 is 5.32 Å². The van der Waals surface area contributed by atoms with Crippen molar-refractivity contribution < 1.29 is 9.90 Å². The monoisotopic (exact) mass is 350 g/mol. The number of carboxylic acids is 1. The number of aryl methyl sites for hydroxylation is 1. The predicted octanol–water partition coefficient (Wildman–Crippen LogP) is 3.62. The van der Waals surface area contributed by atoms with Crippen molar-refractivity contribution in [1.82, 2.24) is 14.9 Å². The maximum absolute atomic E-state index is 11.3. The van der Waals surface area contributed by atoms with E-state index in [9.17, 15) is 9.90 Å². The third kappa shape index (κ3) is 4.21. The number of nitrogens with zero attached hydrogens (tertiary/aromatic N) is 3. The van der Waals surface area contributed by atoms with Gasteiger partial charge in [-0.2, -0.15) is 0 Å².